The van der Waals surface area contributed by atoms with Gasteiger partial charge in [-0.1, -0.05) is 32.9 Å². The second kappa shape index (κ2) is 9.33. The molecule has 0 atom stereocenters. The highest BCUT2D eigenvalue weighted by molar-refractivity contribution is 5.96. The van der Waals surface area contributed by atoms with E-state index >= 15 is 0 Å². The van der Waals surface area contributed by atoms with Crippen molar-refractivity contribution < 1.29 is 33.3 Å². The molecule has 0 N–H and O–H groups in total. The third kappa shape index (κ3) is 5.59. The molecule has 3 rings (SSSR count). The van der Waals surface area contributed by atoms with Crippen molar-refractivity contribution in [3.8, 4) is 28.4 Å². The smallest absolute Gasteiger partial charge is 0.338 e. The van der Waals surface area contributed by atoms with Crippen LogP contribution in [0.3, 0.4) is 0 Å². The van der Waals surface area contributed by atoms with E-state index in [1.807, 2.05) is 32.9 Å². The molecule has 7 nitrogen and oxygen atoms in total. The summed E-state index contributed by atoms with van der Waals surface area (Å²) in [6, 6.07) is 9.09. The van der Waals surface area contributed by atoms with Crippen LogP contribution in [0.15, 0.2) is 30.3 Å². The van der Waals surface area contributed by atoms with E-state index < -0.39 is 5.60 Å². The molecule has 0 saturated carbocycles. The van der Waals surface area contributed by atoms with Crippen LogP contribution in [0.4, 0.5) is 0 Å². The van der Waals surface area contributed by atoms with Crippen molar-refractivity contribution in [3.05, 3.63) is 41.5 Å². The third-order valence-electron chi connectivity index (χ3n) is 5.16. The molecule has 0 aromatic heterocycles. The first kappa shape index (κ1) is 24.4. The zero-order valence-corrected chi connectivity index (χ0v) is 20.4. The van der Waals surface area contributed by atoms with Crippen LogP contribution in [-0.2, 0) is 20.9 Å². The number of rotatable bonds is 8. The number of cyclic esters (lactones) is 1. The molecular weight excluding hydrogens is 424 g/mol. The number of methoxy groups -OCH3 is 2. The number of fused-ring (bicyclic) bond motifs is 1. The van der Waals surface area contributed by atoms with E-state index in [0.717, 1.165) is 16.7 Å². The average Bonchev–Trinajstić information content (AvgIpc) is 3.10. The molecule has 0 saturated heterocycles. The van der Waals surface area contributed by atoms with Crippen LogP contribution >= 0.6 is 0 Å². The molecule has 1 aliphatic rings. The maximum Gasteiger partial charge on any atom is 0.338 e. The number of carbonyl (C=O) groups is 2. The SMILES string of the molecule is COc1ccc(-c2cccc3c2COC3=O)c(OCC(C)(C)OC(=O)CC(C)(C)C)c1OC. The number of esters is 2. The Morgan fingerprint density at radius 1 is 0.939 bits per heavy atom. The van der Waals surface area contributed by atoms with Crippen LogP contribution in [0.2, 0.25) is 0 Å². The Morgan fingerprint density at radius 2 is 1.64 bits per heavy atom. The standard InChI is InChI=1S/C26H32O7/c1-25(2,3)13-21(27)33-26(4,5)15-32-22-17(11-12-20(29-6)23(22)30-7)16-9-8-10-18-19(16)14-31-24(18)28/h8-12H,13-15H2,1-7H3. The zero-order valence-electron chi connectivity index (χ0n) is 20.4. The topological polar surface area (TPSA) is 80.3 Å². The van der Waals surface area contributed by atoms with Gasteiger partial charge in [0.25, 0.3) is 0 Å². The van der Waals surface area contributed by atoms with Crippen LogP contribution in [-0.4, -0.2) is 38.4 Å². The summed E-state index contributed by atoms with van der Waals surface area (Å²) in [5, 5.41) is 0. The fourth-order valence-corrected chi connectivity index (χ4v) is 3.71. The van der Waals surface area contributed by atoms with Gasteiger partial charge in [0.15, 0.2) is 11.5 Å². The second-order valence-corrected chi connectivity index (χ2v) is 9.85. The van der Waals surface area contributed by atoms with Crippen molar-refractivity contribution in [1.29, 1.82) is 0 Å². The first-order chi connectivity index (χ1) is 15.5. The Labute approximate surface area is 194 Å². The molecule has 0 amide bonds. The molecule has 0 aliphatic carbocycles. The fourth-order valence-electron chi connectivity index (χ4n) is 3.71. The molecule has 0 radical (unpaired) electrons. The van der Waals surface area contributed by atoms with Crippen LogP contribution in [0, 0.1) is 5.41 Å². The first-order valence-electron chi connectivity index (χ1n) is 10.8. The monoisotopic (exact) mass is 456 g/mol. The molecule has 2 aromatic rings. The highest BCUT2D eigenvalue weighted by atomic mass is 16.6. The van der Waals surface area contributed by atoms with E-state index in [1.54, 1.807) is 39.2 Å². The molecule has 0 unspecified atom stereocenters. The van der Waals surface area contributed by atoms with E-state index in [2.05, 4.69) is 0 Å². The summed E-state index contributed by atoms with van der Waals surface area (Å²) >= 11 is 0. The van der Waals surface area contributed by atoms with Gasteiger partial charge in [0.2, 0.25) is 5.75 Å². The van der Waals surface area contributed by atoms with E-state index in [9.17, 15) is 9.59 Å². The summed E-state index contributed by atoms with van der Waals surface area (Å²) in [4.78, 5) is 24.5. The van der Waals surface area contributed by atoms with Crippen molar-refractivity contribution in [2.75, 3.05) is 20.8 Å². The largest absolute Gasteiger partial charge is 0.493 e. The number of benzene rings is 2. The van der Waals surface area contributed by atoms with E-state index in [1.165, 1.54) is 7.11 Å². The van der Waals surface area contributed by atoms with Gasteiger partial charge in [-0.15, -0.1) is 0 Å². The average molecular weight is 457 g/mol. The summed E-state index contributed by atoms with van der Waals surface area (Å²) in [6.45, 7) is 9.82. The molecule has 0 bridgehead atoms. The van der Waals surface area contributed by atoms with Gasteiger partial charge in [0.05, 0.1) is 26.2 Å². The van der Waals surface area contributed by atoms with Gasteiger partial charge in [-0.05, 0) is 43.0 Å². The minimum atomic E-state index is -0.884. The molecule has 1 aliphatic heterocycles. The summed E-state index contributed by atoms with van der Waals surface area (Å²) in [5.74, 6) is 0.713. The number of carbonyl (C=O) groups excluding carboxylic acids is 2. The van der Waals surface area contributed by atoms with Crippen LogP contribution in [0.25, 0.3) is 11.1 Å². The minimum Gasteiger partial charge on any atom is -0.493 e. The molecule has 0 fully saturated rings. The predicted octanol–water partition coefficient (Wildman–Crippen LogP) is 5.18. The van der Waals surface area contributed by atoms with Crippen LogP contribution < -0.4 is 14.2 Å². The number of hydrogen-bond donors (Lipinski definition) is 0. The van der Waals surface area contributed by atoms with E-state index in [0.29, 0.717) is 29.2 Å². The zero-order chi connectivity index (χ0) is 24.4. The lowest BCUT2D eigenvalue weighted by molar-refractivity contribution is -0.161. The lowest BCUT2D eigenvalue weighted by Crippen LogP contribution is -2.36. The van der Waals surface area contributed by atoms with Crippen molar-refractivity contribution in [2.24, 2.45) is 5.41 Å². The maximum absolute atomic E-state index is 12.4. The summed E-state index contributed by atoms with van der Waals surface area (Å²) in [7, 11) is 3.08. The van der Waals surface area contributed by atoms with Gasteiger partial charge in [-0.25, -0.2) is 4.79 Å². The summed E-state index contributed by atoms with van der Waals surface area (Å²) < 4.78 is 28.2. The second-order valence-electron chi connectivity index (χ2n) is 9.85. The van der Waals surface area contributed by atoms with Crippen molar-refractivity contribution >= 4 is 11.9 Å². The molecule has 178 valence electrons. The van der Waals surface area contributed by atoms with Gasteiger partial charge < -0.3 is 23.7 Å². The highest BCUT2D eigenvalue weighted by Gasteiger charge is 2.30. The lowest BCUT2D eigenvalue weighted by atomic mass is 9.92. The highest BCUT2D eigenvalue weighted by Crippen LogP contribution is 2.46. The first-order valence-corrected chi connectivity index (χ1v) is 10.8. The van der Waals surface area contributed by atoms with Crippen LogP contribution in [0.1, 0.15) is 57.0 Å². The molecule has 0 spiro atoms. The minimum absolute atomic E-state index is 0.0872. The van der Waals surface area contributed by atoms with Gasteiger partial charge in [0.1, 0.15) is 18.8 Å². The molecule has 7 heteroatoms. The number of hydrogen-bond acceptors (Lipinski definition) is 7. The van der Waals surface area contributed by atoms with Crippen molar-refractivity contribution in [2.45, 2.75) is 53.2 Å². The molecular formula is C26H32O7. The number of ether oxygens (including phenoxy) is 5. The Hall–Kier alpha value is -3.22. The summed E-state index contributed by atoms with van der Waals surface area (Å²) in [6.07, 6.45) is 0.300. The van der Waals surface area contributed by atoms with E-state index in [-0.39, 0.29) is 30.6 Å². The molecule has 2 aromatic carbocycles. The quantitative estimate of drug-likeness (QED) is 0.507. The van der Waals surface area contributed by atoms with Gasteiger partial charge in [0, 0.05) is 11.1 Å². The van der Waals surface area contributed by atoms with Crippen molar-refractivity contribution in [3.63, 3.8) is 0 Å². The van der Waals surface area contributed by atoms with Gasteiger partial charge >= 0.3 is 11.9 Å². The summed E-state index contributed by atoms with van der Waals surface area (Å²) in [5.41, 5.74) is 1.78. The van der Waals surface area contributed by atoms with Crippen LogP contribution in [0.5, 0.6) is 17.2 Å². The fraction of sp³-hybridized carbons (Fsp3) is 0.462. The predicted molar refractivity (Wildman–Crippen MR) is 124 cm³/mol. The molecule has 33 heavy (non-hydrogen) atoms. The van der Waals surface area contributed by atoms with Crippen molar-refractivity contribution in [1.82, 2.24) is 0 Å². The maximum atomic E-state index is 12.4. The molecule has 1 heterocycles. The lowest BCUT2D eigenvalue weighted by Gasteiger charge is -2.28. The Kier molecular flexibility index (Phi) is 6.91. The van der Waals surface area contributed by atoms with E-state index in [4.69, 9.17) is 23.7 Å². The van der Waals surface area contributed by atoms with Gasteiger partial charge in [-0.3, -0.25) is 4.79 Å². The Morgan fingerprint density at radius 3 is 2.27 bits per heavy atom. The van der Waals surface area contributed by atoms with Gasteiger partial charge in [-0.2, -0.15) is 0 Å². The third-order valence-corrected chi connectivity index (χ3v) is 5.16. The Bertz CT molecular complexity index is 1050. The Balaban J connectivity index is 1.96. The normalized spacial score (nSPS) is 13.2.